The van der Waals surface area contributed by atoms with Crippen LogP contribution in [0.4, 0.5) is 5.69 Å². The summed E-state index contributed by atoms with van der Waals surface area (Å²) in [7, 11) is -2.11. The van der Waals surface area contributed by atoms with Crippen molar-refractivity contribution in [3.63, 3.8) is 0 Å². The topological polar surface area (TPSA) is 97.6 Å². The van der Waals surface area contributed by atoms with Crippen LogP contribution >= 0.6 is 0 Å². The van der Waals surface area contributed by atoms with Crippen LogP contribution in [0.1, 0.15) is 11.3 Å². The van der Waals surface area contributed by atoms with Crippen LogP contribution in [-0.2, 0) is 27.8 Å². The van der Waals surface area contributed by atoms with Crippen molar-refractivity contribution in [1.29, 1.82) is 0 Å². The predicted octanol–water partition coefficient (Wildman–Crippen LogP) is 2.95. The van der Waals surface area contributed by atoms with Crippen LogP contribution in [-0.4, -0.2) is 21.4 Å². The fourth-order valence-corrected chi connectivity index (χ4v) is 3.55. The Bertz CT molecular complexity index is 1030. The molecule has 0 aliphatic carbocycles. The van der Waals surface area contributed by atoms with Gasteiger partial charge in [-0.2, -0.15) is 0 Å². The molecule has 3 aromatic rings. The van der Waals surface area contributed by atoms with Gasteiger partial charge in [-0.15, -0.1) is 0 Å². The highest BCUT2D eigenvalue weighted by molar-refractivity contribution is 7.89. The highest BCUT2D eigenvalue weighted by Crippen LogP contribution is 2.16. The third-order valence-corrected chi connectivity index (χ3v) is 5.38. The molecule has 1 heterocycles. The van der Waals surface area contributed by atoms with E-state index in [0.29, 0.717) is 17.2 Å². The molecule has 1 aromatic heterocycles. The number of amides is 1. The number of rotatable bonds is 8. The number of carbonyl (C=O) groups is 1. The number of ether oxygens (including phenoxy) is 1. The Morgan fingerprint density at radius 2 is 1.86 bits per heavy atom. The van der Waals surface area contributed by atoms with Crippen LogP contribution in [0.3, 0.4) is 0 Å². The van der Waals surface area contributed by atoms with Gasteiger partial charge in [0, 0.05) is 5.69 Å². The summed E-state index contributed by atoms with van der Waals surface area (Å²) in [6, 6.07) is 16.6. The van der Waals surface area contributed by atoms with E-state index < -0.39 is 10.0 Å². The predicted molar refractivity (Wildman–Crippen MR) is 105 cm³/mol. The number of methoxy groups -OCH3 is 1. The Morgan fingerprint density at radius 3 is 2.54 bits per heavy atom. The van der Waals surface area contributed by atoms with Gasteiger partial charge in [-0.05, 0) is 54.1 Å². The summed E-state index contributed by atoms with van der Waals surface area (Å²) in [5.74, 6) is 0.992. The fourth-order valence-electron chi connectivity index (χ4n) is 2.55. The summed E-state index contributed by atoms with van der Waals surface area (Å²) < 4.78 is 37.3. The highest BCUT2D eigenvalue weighted by atomic mass is 32.2. The Balaban J connectivity index is 1.59. The van der Waals surface area contributed by atoms with Crippen LogP contribution < -0.4 is 14.8 Å². The molecular weight excluding hydrogens is 380 g/mol. The van der Waals surface area contributed by atoms with E-state index in [1.54, 1.807) is 43.5 Å². The third kappa shape index (κ3) is 5.21. The minimum atomic E-state index is -3.67. The molecule has 0 atom stereocenters. The minimum absolute atomic E-state index is 0.0638. The Labute approximate surface area is 163 Å². The van der Waals surface area contributed by atoms with Gasteiger partial charge in [-0.3, -0.25) is 4.79 Å². The van der Waals surface area contributed by atoms with E-state index in [-0.39, 0.29) is 23.8 Å². The van der Waals surface area contributed by atoms with Crippen molar-refractivity contribution in [3.8, 4) is 5.75 Å². The fraction of sp³-hybridized carbons (Fsp3) is 0.150. The lowest BCUT2D eigenvalue weighted by atomic mass is 10.1. The number of nitrogens with one attached hydrogen (secondary N) is 2. The molecule has 8 heteroatoms. The molecule has 0 fully saturated rings. The minimum Gasteiger partial charge on any atom is -0.497 e. The second kappa shape index (κ2) is 8.73. The van der Waals surface area contributed by atoms with Gasteiger partial charge in [-0.25, -0.2) is 13.1 Å². The molecule has 146 valence electrons. The molecule has 0 saturated carbocycles. The molecule has 0 bridgehead atoms. The average Bonchev–Trinajstić information content (AvgIpc) is 3.21. The lowest BCUT2D eigenvalue weighted by Crippen LogP contribution is -2.23. The molecule has 0 aliphatic rings. The first-order valence-corrected chi connectivity index (χ1v) is 9.99. The number of sulfonamides is 1. The van der Waals surface area contributed by atoms with Crippen LogP contribution in [0.15, 0.2) is 76.2 Å². The largest absolute Gasteiger partial charge is 0.497 e. The van der Waals surface area contributed by atoms with Gasteiger partial charge < -0.3 is 14.5 Å². The Hall–Kier alpha value is -3.10. The molecule has 7 nitrogen and oxygen atoms in total. The van der Waals surface area contributed by atoms with Gasteiger partial charge >= 0.3 is 0 Å². The SMILES string of the molecule is COc1cccc(CC(=O)Nc2ccc(S(=O)(=O)NCc3ccco3)cc2)c1. The van der Waals surface area contributed by atoms with Gasteiger partial charge in [-0.1, -0.05) is 12.1 Å². The maximum absolute atomic E-state index is 12.3. The van der Waals surface area contributed by atoms with Gasteiger partial charge in [0.1, 0.15) is 11.5 Å². The molecule has 1 amide bonds. The standard InChI is InChI=1S/C20H20N2O5S/c1-26-17-5-2-4-15(12-17)13-20(23)22-16-7-9-19(10-8-16)28(24,25)21-14-18-6-3-11-27-18/h2-12,21H,13-14H2,1H3,(H,22,23). The molecule has 0 unspecified atom stereocenters. The molecular formula is C20H20N2O5S. The van der Waals surface area contributed by atoms with E-state index >= 15 is 0 Å². The van der Waals surface area contributed by atoms with E-state index in [1.165, 1.54) is 18.4 Å². The number of carbonyl (C=O) groups excluding carboxylic acids is 1. The van der Waals surface area contributed by atoms with Gasteiger partial charge in [0.05, 0.1) is 31.2 Å². The van der Waals surface area contributed by atoms with E-state index in [2.05, 4.69) is 10.0 Å². The van der Waals surface area contributed by atoms with Crippen LogP contribution in [0.2, 0.25) is 0 Å². The molecule has 3 rings (SSSR count). The molecule has 0 radical (unpaired) electrons. The summed E-state index contributed by atoms with van der Waals surface area (Å²) in [5.41, 5.74) is 1.33. The summed E-state index contributed by atoms with van der Waals surface area (Å²) in [6.07, 6.45) is 1.66. The lowest BCUT2D eigenvalue weighted by Gasteiger charge is -2.09. The molecule has 0 saturated heterocycles. The zero-order chi connectivity index (χ0) is 20.0. The third-order valence-electron chi connectivity index (χ3n) is 3.96. The monoisotopic (exact) mass is 400 g/mol. The van der Waals surface area contributed by atoms with Gasteiger partial charge in [0.25, 0.3) is 0 Å². The normalized spacial score (nSPS) is 11.2. The molecule has 0 aliphatic heterocycles. The van der Waals surface area contributed by atoms with Crippen molar-refractivity contribution < 1.29 is 22.4 Å². The first kappa shape index (κ1) is 19.7. The van der Waals surface area contributed by atoms with Gasteiger partial charge in [0.15, 0.2) is 0 Å². The maximum Gasteiger partial charge on any atom is 0.240 e. The molecule has 2 N–H and O–H groups in total. The summed E-state index contributed by atoms with van der Waals surface area (Å²) in [5, 5.41) is 2.75. The second-order valence-corrected chi connectivity index (χ2v) is 7.77. The van der Waals surface area contributed by atoms with E-state index in [9.17, 15) is 13.2 Å². The first-order chi connectivity index (χ1) is 13.5. The number of hydrogen-bond acceptors (Lipinski definition) is 5. The lowest BCUT2D eigenvalue weighted by molar-refractivity contribution is -0.115. The number of anilines is 1. The average molecular weight is 400 g/mol. The quantitative estimate of drug-likeness (QED) is 0.606. The smallest absolute Gasteiger partial charge is 0.240 e. The molecule has 0 spiro atoms. The molecule has 2 aromatic carbocycles. The van der Waals surface area contributed by atoms with Crippen LogP contribution in [0.25, 0.3) is 0 Å². The van der Waals surface area contributed by atoms with Crippen molar-refractivity contribution in [2.45, 2.75) is 17.9 Å². The van der Waals surface area contributed by atoms with Crippen molar-refractivity contribution in [2.24, 2.45) is 0 Å². The maximum atomic E-state index is 12.3. The Kier molecular flexibility index (Phi) is 6.13. The summed E-state index contributed by atoms with van der Waals surface area (Å²) >= 11 is 0. The molecule has 28 heavy (non-hydrogen) atoms. The van der Waals surface area contributed by atoms with E-state index in [4.69, 9.17) is 9.15 Å². The van der Waals surface area contributed by atoms with Crippen molar-refractivity contribution >= 4 is 21.6 Å². The second-order valence-electron chi connectivity index (χ2n) is 6.00. The van der Waals surface area contributed by atoms with Gasteiger partial charge in [0.2, 0.25) is 15.9 Å². The number of benzene rings is 2. The van der Waals surface area contributed by atoms with E-state index in [1.807, 2.05) is 12.1 Å². The summed E-state index contributed by atoms with van der Waals surface area (Å²) in [4.78, 5) is 12.3. The van der Waals surface area contributed by atoms with E-state index in [0.717, 1.165) is 5.56 Å². The van der Waals surface area contributed by atoms with Crippen LogP contribution in [0.5, 0.6) is 5.75 Å². The van der Waals surface area contributed by atoms with Crippen molar-refractivity contribution in [2.75, 3.05) is 12.4 Å². The van der Waals surface area contributed by atoms with Crippen LogP contribution in [0, 0.1) is 0 Å². The van der Waals surface area contributed by atoms with Crippen molar-refractivity contribution in [1.82, 2.24) is 4.72 Å². The highest BCUT2D eigenvalue weighted by Gasteiger charge is 2.14. The first-order valence-electron chi connectivity index (χ1n) is 8.51. The Morgan fingerprint density at radius 1 is 1.07 bits per heavy atom. The summed E-state index contributed by atoms with van der Waals surface area (Å²) in [6.45, 7) is 0.0638. The number of hydrogen-bond donors (Lipinski definition) is 2. The zero-order valence-electron chi connectivity index (χ0n) is 15.2. The zero-order valence-corrected chi connectivity index (χ0v) is 16.0. The van der Waals surface area contributed by atoms with Crippen molar-refractivity contribution in [3.05, 3.63) is 78.3 Å². The number of furan rings is 1.